The first-order valence-electron chi connectivity index (χ1n) is 7.45. The van der Waals surface area contributed by atoms with Gasteiger partial charge in [0.25, 0.3) is 0 Å². The van der Waals surface area contributed by atoms with Gasteiger partial charge in [-0.3, -0.25) is 0 Å². The molecule has 3 rings (SSSR count). The second-order valence-corrected chi connectivity index (χ2v) is 5.51. The predicted molar refractivity (Wildman–Crippen MR) is 90.2 cm³/mol. The molecule has 23 heavy (non-hydrogen) atoms. The number of hydrogen-bond acceptors (Lipinski definition) is 3. The molecule has 1 N–H and O–H groups in total. The van der Waals surface area contributed by atoms with E-state index in [0.29, 0.717) is 12.1 Å². The normalized spacial score (nSPS) is 10.7. The van der Waals surface area contributed by atoms with E-state index in [4.69, 9.17) is 9.47 Å². The second-order valence-electron chi connectivity index (χ2n) is 5.51. The minimum Gasteiger partial charge on any atom is -0.496 e. The Balaban J connectivity index is 2.17. The lowest BCUT2D eigenvalue weighted by molar-refractivity contribution is 0.0594. The van der Waals surface area contributed by atoms with E-state index in [2.05, 4.69) is 11.1 Å². The van der Waals surface area contributed by atoms with Crippen molar-refractivity contribution in [2.75, 3.05) is 14.2 Å². The van der Waals surface area contributed by atoms with Crippen molar-refractivity contribution in [3.63, 3.8) is 0 Å². The molecule has 0 fully saturated rings. The predicted octanol–water partition coefficient (Wildman–Crippen LogP) is 3.86. The van der Waals surface area contributed by atoms with Gasteiger partial charge >= 0.3 is 5.97 Å². The lowest BCUT2D eigenvalue weighted by atomic mass is 10.00. The summed E-state index contributed by atoms with van der Waals surface area (Å²) in [6.07, 6.45) is 0.595. The maximum absolute atomic E-state index is 12.1. The summed E-state index contributed by atoms with van der Waals surface area (Å²) in [5.41, 5.74) is 4.54. The summed E-state index contributed by atoms with van der Waals surface area (Å²) in [5.74, 6) is 0.453. The summed E-state index contributed by atoms with van der Waals surface area (Å²) < 4.78 is 10.4. The van der Waals surface area contributed by atoms with Crippen LogP contribution >= 0.6 is 0 Å². The van der Waals surface area contributed by atoms with E-state index in [0.717, 1.165) is 33.3 Å². The molecule has 0 amide bonds. The van der Waals surface area contributed by atoms with Gasteiger partial charge in [0, 0.05) is 17.3 Å². The van der Waals surface area contributed by atoms with Crippen molar-refractivity contribution in [3.8, 4) is 5.75 Å². The highest BCUT2D eigenvalue weighted by Gasteiger charge is 2.19. The Morgan fingerprint density at radius 2 is 1.91 bits per heavy atom. The highest BCUT2D eigenvalue weighted by molar-refractivity contribution is 5.98. The number of esters is 1. The number of aromatic amines is 1. The zero-order valence-corrected chi connectivity index (χ0v) is 13.5. The lowest BCUT2D eigenvalue weighted by Gasteiger charge is -2.09. The molecule has 0 saturated carbocycles. The van der Waals surface area contributed by atoms with Crippen molar-refractivity contribution in [2.24, 2.45) is 0 Å². The van der Waals surface area contributed by atoms with Gasteiger partial charge in [-0.1, -0.05) is 29.8 Å². The molecule has 0 atom stereocenters. The average Bonchev–Trinajstić information content (AvgIpc) is 2.92. The minimum atomic E-state index is -0.358. The van der Waals surface area contributed by atoms with Crippen LogP contribution < -0.4 is 4.74 Å². The number of nitrogens with one attached hydrogen (secondary N) is 1. The quantitative estimate of drug-likeness (QED) is 0.744. The first-order chi connectivity index (χ1) is 11.1. The molecule has 0 aliphatic carbocycles. The van der Waals surface area contributed by atoms with E-state index < -0.39 is 0 Å². The molecular weight excluding hydrogens is 290 g/mol. The maximum Gasteiger partial charge on any atom is 0.354 e. The maximum atomic E-state index is 12.1. The van der Waals surface area contributed by atoms with Gasteiger partial charge in [-0.05, 0) is 36.2 Å². The lowest BCUT2D eigenvalue weighted by Crippen LogP contribution is -2.06. The van der Waals surface area contributed by atoms with Gasteiger partial charge in [0.2, 0.25) is 0 Å². The van der Waals surface area contributed by atoms with Gasteiger partial charge in [-0.25, -0.2) is 4.79 Å². The van der Waals surface area contributed by atoms with E-state index in [1.54, 1.807) is 7.11 Å². The van der Waals surface area contributed by atoms with Gasteiger partial charge in [-0.2, -0.15) is 0 Å². The first kappa shape index (κ1) is 15.2. The molecule has 0 radical (unpaired) electrons. The Bertz CT molecular complexity index is 864. The summed E-state index contributed by atoms with van der Waals surface area (Å²) in [5, 5.41) is 1.04. The Morgan fingerprint density at radius 3 is 2.65 bits per heavy atom. The van der Waals surface area contributed by atoms with Gasteiger partial charge < -0.3 is 14.5 Å². The number of H-pyrrole nitrogens is 1. The number of hydrogen-bond donors (Lipinski definition) is 1. The van der Waals surface area contributed by atoms with Crippen molar-refractivity contribution in [1.29, 1.82) is 0 Å². The Hall–Kier alpha value is -2.75. The van der Waals surface area contributed by atoms with Crippen LogP contribution in [0.4, 0.5) is 0 Å². The van der Waals surface area contributed by atoms with Crippen LogP contribution in [-0.2, 0) is 11.2 Å². The monoisotopic (exact) mass is 309 g/mol. The van der Waals surface area contributed by atoms with Crippen LogP contribution in [0.1, 0.15) is 27.2 Å². The molecular formula is C19H19NO3. The van der Waals surface area contributed by atoms with E-state index in [1.165, 1.54) is 7.11 Å². The molecule has 1 heterocycles. The number of ether oxygens (including phenoxy) is 2. The highest BCUT2D eigenvalue weighted by atomic mass is 16.5. The van der Waals surface area contributed by atoms with Crippen molar-refractivity contribution in [3.05, 3.63) is 64.8 Å². The number of benzene rings is 2. The van der Waals surface area contributed by atoms with Gasteiger partial charge in [0.1, 0.15) is 11.4 Å². The molecule has 1 aromatic heterocycles. The Morgan fingerprint density at radius 1 is 1.13 bits per heavy atom. The van der Waals surface area contributed by atoms with Crippen molar-refractivity contribution in [2.45, 2.75) is 13.3 Å². The molecule has 0 saturated heterocycles. The smallest absolute Gasteiger partial charge is 0.354 e. The third kappa shape index (κ3) is 2.80. The summed E-state index contributed by atoms with van der Waals surface area (Å²) in [6.45, 7) is 2.04. The van der Waals surface area contributed by atoms with Crippen LogP contribution in [0.25, 0.3) is 10.9 Å². The van der Waals surface area contributed by atoms with E-state index in [9.17, 15) is 4.79 Å². The van der Waals surface area contributed by atoms with Crippen LogP contribution in [0.3, 0.4) is 0 Å². The Kier molecular flexibility index (Phi) is 4.06. The van der Waals surface area contributed by atoms with Gasteiger partial charge in [0.15, 0.2) is 0 Å². The zero-order valence-electron chi connectivity index (χ0n) is 13.5. The number of carbonyl (C=O) groups excluding carboxylic acids is 1. The molecule has 4 heteroatoms. The summed E-state index contributed by atoms with van der Waals surface area (Å²) in [6, 6.07) is 13.9. The number of aromatic nitrogens is 1. The molecule has 4 nitrogen and oxygen atoms in total. The standard InChI is InChI=1S/C19H19NO3/c1-12-8-9-16-14(10-12)15(18(20-16)19(21)23-3)11-13-6-4-5-7-17(13)22-2/h4-10,20H,11H2,1-3H3. The Labute approximate surface area is 135 Å². The van der Waals surface area contributed by atoms with E-state index >= 15 is 0 Å². The van der Waals surface area contributed by atoms with Gasteiger partial charge in [-0.15, -0.1) is 0 Å². The van der Waals surface area contributed by atoms with Crippen LogP contribution in [0.15, 0.2) is 42.5 Å². The largest absolute Gasteiger partial charge is 0.496 e. The topological polar surface area (TPSA) is 51.3 Å². The molecule has 0 spiro atoms. The molecule has 0 aliphatic rings. The van der Waals surface area contributed by atoms with Crippen LogP contribution in [0.2, 0.25) is 0 Å². The SMILES string of the molecule is COC(=O)c1[nH]c2ccc(C)cc2c1Cc1ccccc1OC. The van der Waals surface area contributed by atoms with Crippen molar-refractivity contribution in [1.82, 2.24) is 4.98 Å². The van der Waals surface area contributed by atoms with Crippen LogP contribution in [-0.4, -0.2) is 25.2 Å². The number of fused-ring (bicyclic) bond motifs is 1. The zero-order chi connectivity index (χ0) is 16.4. The van der Waals surface area contributed by atoms with Gasteiger partial charge in [0.05, 0.1) is 14.2 Å². The summed E-state index contributed by atoms with van der Waals surface area (Å²) in [7, 11) is 3.05. The molecule has 0 bridgehead atoms. The van der Waals surface area contributed by atoms with Crippen molar-refractivity contribution < 1.29 is 14.3 Å². The molecule has 118 valence electrons. The first-order valence-corrected chi connectivity index (χ1v) is 7.45. The number of aryl methyl sites for hydroxylation is 1. The molecule has 0 aliphatic heterocycles. The van der Waals surface area contributed by atoms with Crippen molar-refractivity contribution >= 4 is 16.9 Å². The highest BCUT2D eigenvalue weighted by Crippen LogP contribution is 2.29. The van der Waals surface area contributed by atoms with Crippen LogP contribution in [0.5, 0.6) is 5.75 Å². The number of carbonyl (C=O) groups is 1. The number of para-hydroxylation sites is 1. The minimum absolute atomic E-state index is 0.358. The fraction of sp³-hybridized carbons (Fsp3) is 0.211. The van der Waals surface area contributed by atoms with E-state index in [1.807, 2.05) is 43.3 Å². The number of methoxy groups -OCH3 is 2. The molecule has 2 aromatic carbocycles. The average molecular weight is 309 g/mol. The third-order valence-corrected chi connectivity index (χ3v) is 4.01. The molecule has 3 aromatic rings. The number of rotatable bonds is 4. The summed E-state index contributed by atoms with van der Waals surface area (Å²) in [4.78, 5) is 15.3. The second kappa shape index (κ2) is 6.16. The fourth-order valence-corrected chi connectivity index (χ4v) is 2.86. The molecule has 0 unspecified atom stereocenters. The van der Waals surface area contributed by atoms with Crippen LogP contribution in [0, 0.1) is 6.92 Å². The summed E-state index contributed by atoms with van der Waals surface area (Å²) >= 11 is 0. The van der Waals surface area contributed by atoms with E-state index in [-0.39, 0.29) is 5.97 Å². The fourth-order valence-electron chi connectivity index (χ4n) is 2.86. The third-order valence-electron chi connectivity index (χ3n) is 4.01.